The standard InChI is InChI=1S/C15H26N4O5/c1-3-24-15(22)19-6-4-17(5-7-19)13(20)12(2)16-14(21)18-8-10-23-11-9-18/h12H,3-11H2,1-2H3,(H,16,21)/t12-/m1/s1. The lowest BCUT2D eigenvalue weighted by atomic mass is 10.2. The molecule has 9 nitrogen and oxygen atoms in total. The fourth-order valence-electron chi connectivity index (χ4n) is 2.70. The zero-order valence-electron chi connectivity index (χ0n) is 14.3. The molecule has 0 aromatic rings. The summed E-state index contributed by atoms with van der Waals surface area (Å²) in [6, 6.07) is -0.848. The van der Waals surface area contributed by atoms with Crippen LogP contribution in [0.3, 0.4) is 0 Å². The monoisotopic (exact) mass is 342 g/mol. The van der Waals surface area contributed by atoms with E-state index in [4.69, 9.17) is 9.47 Å². The minimum Gasteiger partial charge on any atom is -0.450 e. The third-order valence-corrected chi connectivity index (χ3v) is 4.13. The van der Waals surface area contributed by atoms with Crippen LogP contribution in [0.25, 0.3) is 0 Å². The molecule has 2 rings (SSSR count). The molecular formula is C15H26N4O5. The summed E-state index contributed by atoms with van der Waals surface area (Å²) in [6.07, 6.45) is -0.349. The van der Waals surface area contributed by atoms with Gasteiger partial charge in [-0.1, -0.05) is 0 Å². The van der Waals surface area contributed by atoms with E-state index in [-0.39, 0.29) is 18.0 Å². The Hall–Kier alpha value is -2.03. The SMILES string of the molecule is CCOC(=O)N1CCN(C(=O)[C@@H](C)NC(=O)N2CCOCC2)CC1. The van der Waals surface area contributed by atoms with Crippen LogP contribution >= 0.6 is 0 Å². The lowest BCUT2D eigenvalue weighted by Gasteiger charge is -2.36. The number of urea groups is 1. The van der Waals surface area contributed by atoms with Crippen molar-refractivity contribution in [2.75, 3.05) is 59.1 Å². The fraction of sp³-hybridized carbons (Fsp3) is 0.800. The molecule has 0 saturated carbocycles. The second-order valence-corrected chi connectivity index (χ2v) is 5.78. The first kappa shape index (κ1) is 18.3. The molecule has 0 aromatic heterocycles. The van der Waals surface area contributed by atoms with E-state index in [1.165, 1.54) is 0 Å². The molecule has 0 spiro atoms. The minimum absolute atomic E-state index is 0.139. The number of carbonyl (C=O) groups excluding carboxylic acids is 3. The molecule has 4 amide bonds. The van der Waals surface area contributed by atoms with Gasteiger partial charge in [0.2, 0.25) is 5.91 Å². The maximum absolute atomic E-state index is 12.5. The van der Waals surface area contributed by atoms with Crippen LogP contribution in [0.5, 0.6) is 0 Å². The summed E-state index contributed by atoms with van der Waals surface area (Å²) in [5.74, 6) is -0.139. The second-order valence-electron chi connectivity index (χ2n) is 5.78. The van der Waals surface area contributed by atoms with Crippen LogP contribution in [0, 0.1) is 0 Å². The first-order valence-corrected chi connectivity index (χ1v) is 8.36. The molecule has 2 fully saturated rings. The zero-order valence-corrected chi connectivity index (χ0v) is 14.3. The van der Waals surface area contributed by atoms with E-state index < -0.39 is 6.04 Å². The molecule has 0 radical (unpaired) electrons. The van der Waals surface area contributed by atoms with Gasteiger partial charge in [-0.15, -0.1) is 0 Å². The van der Waals surface area contributed by atoms with Gasteiger partial charge in [-0.3, -0.25) is 4.79 Å². The Balaban J connectivity index is 1.77. The average molecular weight is 342 g/mol. The molecule has 2 aliphatic heterocycles. The normalized spacial score (nSPS) is 19.7. The van der Waals surface area contributed by atoms with Crippen LogP contribution in [-0.4, -0.2) is 97.9 Å². The molecular weight excluding hydrogens is 316 g/mol. The summed E-state index contributed by atoms with van der Waals surface area (Å²) in [5.41, 5.74) is 0. The van der Waals surface area contributed by atoms with Crippen LogP contribution in [-0.2, 0) is 14.3 Å². The Kier molecular flexibility index (Phi) is 6.65. The first-order valence-electron chi connectivity index (χ1n) is 8.36. The van der Waals surface area contributed by atoms with Gasteiger partial charge in [0.05, 0.1) is 19.8 Å². The van der Waals surface area contributed by atoms with E-state index in [0.29, 0.717) is 59.1 Å². The van der Waals surface area contributed by atoms with Gasteiger partial charge in [0.25, 0.3) is 0 Å². The lowest BCUT2D eigenvalue weighted by Crippen LogP contribution is -2.57. The third-order valence-electron chi connectivity index (χ3n) is 4.13. The van der Waals surface area contributed by atoms with Crippen LogP contribution in [0.15, 0.2) is 0 Å². The Morgan fingerprint density at radius 2 is 1.58 bits per heavy atom. The summed E-state index contributed by atoms with van der Waals surface area (Å²) in [5, 5.41) is 2.74. The molecule has 2 aliphatic rings. The molecule has 1 N–H and O–H groups in total. The van der Waals surface area contributed by atoms with Gasteiger partial charge < -0.3 is 29.5 Å². The number of amides is 4. The summed E-state index contributed by atoms with van der Waals surface area (Å²) in [4.78, 5) is 41.1. The largest absolute Gasteiger partial charge is 0.450 e. The topological polar surface area (TPSA) is 91.4 Å². The van der Waals surface area contributed by atoms with Gasteiger partial charge in [0.1, 0.15) is 6.04 Å². The van der Waals surface area contributed by atoms with Crippen LogP contribution in [0.4, 0.5) is 9.59 Å². The average Bonchev–Trinajstić information content (AvgIpc) is 2.62. The minimum atomic E-state index is -0.602. The van der Waals surface area contributed by atoms with E-state index in [9.17, 15) is 14.4 Å². The van der Waals surface area contributed by atoms with Crippen LogP contribution in [0.2, 0.25) is 0 Å². The van der Waals surface area contributed by atoms with E-state index in [1.54, 1.807) is 28.5 Å². The van der Waals surface area contributed by atoms with Crippen LogP contribution < -0.4 is 5.32 Å². The number of piperazine rings is 1. The van der Waals surface area contributed by atoms with E-state index >= 15 is 0 Å². The van der Waals surface area contributed by atoms with Crippen LogP contribution in [0.1, 0.15) is 13.8 Å². The molecule has 0 unspecified atom stereocenters. The van der Waals surface area contributed by atoms with Gasteiger partial charge >= 0.3 is 12.1 Å². The lowest BCUT2D eigenvalue weighted by molar-refractivity contribution is -0.134. The third kappa shape index (κ3) is 4.73. The number of hydrogen-bond acceptors (Lipinski definition) is 5. The fourth-order valence-corrected chi connectivity index (χ4v) is 2.70. The highest BCUT2D eigenvalue weighted by Gasteiger charge is 2.29. The first-order chi connectivity index (χ1) is 11.5. The Morgan fingerprint density at radius 3 is 2.17 bits per heavy atom. The predicted octanol–water partition coefficient (Wildman–Crippen LogP) is -0.283. The van der Waals surface area contributed by atoms with Gasteiger partial charge in [-0.05, 0) is 13.8 Å². The number of nitrogens with zero attached hydrogens (tertiary/aromatic N) is 3. The number of ether oxygens (including phenoxy) is 2. The molecule has 2 heterocycles. The Bertz CT molecular complexity index is 459. The summed E-state index contributed by atoms with van der Waals surface area (Å²) in [6.45, 7) is 7.64. The molecule has 2 saturated heterocycles. The Morgan fingerprint density at radius 1 is 1.00 bits per heavy atom. The number of hydrogen-bond donors (Lipinski definition) is 1. The van der Waals surface area contributed by atoms with Gasteiger partial charge in [-0.25, -0.2) is 9.59 Å². The molecule has 0 bridgehead atoms. The van der Waals surface area contributed by atoms with E-state index in [0.717, 1.165) is 0 Å². The summed E-state index contributed by atoms with van der Waals surface area (Å²) >= 11 is 0. The molecule has 24 heavy (non-hydrogen) atoms. The predicted molar refractivity (Wildman–Crippen MR) is 85.6 cm³/mol. The maximum atomic E-state index is 12.5. The van der Waals surface area contributed by atoms with Crippen molar-refractivity contribution in [3.05, 3.63) is 0 Å². The number of carbonyl (C=O) groups is 3. The van der Waals surface area contributed by atoms with Crippen molar-refractivity contribution in [3.63, 3.8) is 0 Å². The molecule has 136 valence electrons. The van der Waals surface area contributed by atoms with E-state index in [2.05, 4.69) is 5.32 Å². The number of rotatable bonds is 3. The van der Waals surface area contributed by atoms with Gasteiger partial charge in [-0.2, -0.15) is 0 Å². The zero-order chi connectivity index (χ0) is 17.5. The Labute approximate surface area is 141 Å². The van der Waals surface area contributed by atoms with Crippen molar-refractivity contribution >= 4 is 18.0 Å². The van der Waals surface area contributed by atoms with Crippen molar-refractivity contribution in [2.45, 2.75) is 19.9 Å². The quantitative estimate of drug-likeness (QED) is 0.761. The van der Waals surface area contributed by atoms with Crippen molar-refractivity contribution in [1.82, 2.24) is 20.0 Å². The van der Waals surface area contributed by atoms with Gasteiger partial charge in [0.15, 0.2) is 0 Å². The molecule has 9 heteroatoms. The number of nitrogens with one attached hydrogen (secondary N) is 1. The van der Waals surface area contributed by atoms with Crippen molar-refractivity contribution in [1.29, 1.82) is 0 Å². The number of morpholine rings is 1. The summed E-state index contributed by atoms with van der Waals surface area (Å²) in [7, 11) is 0. The van der Waals surface area contributed by atoms with Crippen molar-refractivity contribution in [3.8, 4) is 0 Å². The highest BCUT2D eigenvalue weighted by Crippen LogP contribution is 2.06. The van der Waals surface area contributed by atoms with Crippen molar-refractivity contribution in [2.24, 2.45) is 0 Å². The molecule has 1 atom stereocenters. The van der Waals surface area contributed by atoms with Gasteiger partial charge in [0, 0.05) is 39.3 Å². The smallest absolute Gasteiger partial charge is 0.409 e. The van der Waals surface area contributed by atoms with Crippen molar-refractivity contribution < 1.29 is 23.9 Å². The summed E-state index contributed by atoms with van der Waals surface area (Å²) < 4.78 is 10.2. The molecule has 0 aliphatic carbocycles. The highest BCUT2D eigenvalue weighted by atomic mass is 16.6. The highest BCUT2D eigenvalue weighted by molar-refractivity contribution is 5.87. The van der Waals surface area contributed by atoms with E-state index in [1.807, 2.05) is 0 Å². The second kappa shape index (κ2) is 8.72. The molecule has 0 aromatic carbocycles. The maximum Gasteiger partial charge on any atom is 0.409 e.